The topological polar surface area (TPSA) is 83.6 Å². The van der Waals surface area contributed by atoms with Gasteiger partial charge in [-0.15, -0.1) is 0 Å². The van der Waals surface area contributed by atoms with Gasteiger partial charge in [-0.2, -0.15) is 4.31 Å². The summed E-state index contributed by atoms with van der Waals surface area (Å²) in [6.07, 6.45) is 1.64. The van der Waals surface area contributed by atoms with Crippen molar-refractivity contribution in [3.8, 4) is 0 Å². The van der Waals surface area contributed by atoms with Crippen LogP contribution in [0.15, 0.2) is 23.1 Å². The largest absolute Gasteiger partial charge is 0.399 e. The van der Waals surface area contributed by atoms with E-state index < -0.39 is 10.0 Å². The van der Waals surface area contributed by atoms with Crippen LogP contribution in [0.5, 0.6) is 0 Å². The van der Waals surface area contributed by atoms with E-state index >= 15 is 0 Å². The van der Waals surface area contributed by atoms with E-state index in [9.17, 15) is 8.42 Å². The average molecular weight is 291 g/mol. The smallest absolute Gasteiger partial charge is 0.244 e. The molecule has 1 aliphatic rings. The van der Waals surface area contributed by atoms with Crippen molar-refractivity contribution in [3.05, 3.63) is 23.2 Å². The number of anilines is 1. The predicted octanol–water partition coefficient (Wildman–Crippen LogP) is 1.07. The van der Waals surface area contributed by atoms with Gasteiger partial charge in [0.15, 0.2) is 0 Å². The summed E-state index contributed by atoms with van der Waals surface area (Å²) in [5.74, 6) is 0. The van der Waals surface area contributed by atoms with E-state index in [0.29, 0.717) is 5.69 Å². The van der Waals surface area contributed by atoms with Gasteiger partial charge in [0.05, 0.1) is 11.6 Å². The minimum absolute atomic E-state index is 0.00418. The molecule has 1 aromatic rings. The van der Waals surface area contributed by atoms with Gasteiger partial charge in [-0.05, 0) is 31.0 Å². The van der Waals surface area contributed by atoms with Crippen LogP contribution in [-0.2, 0) is 10.0 Å². The van der Waals surface area contributed by atoms with Crippen LogP contribution in [0.25, 0.3) is 0 Å². The van der Waals surface area contributed by atoms with E-state index in [2.05, 4.69) is 0 Å². The molecule has 1 aromatic carbocycles. The lowest BCUT2D eigenvalue weighted by Crippen LogP contribution is -2.35. The molecule has 0 spiro atoms. The number of halogens is 1. The van der Waals surface area contributed by atoms with E-state index in [4.69, 9.17) is 22.4 Å². The molecule has 0 bridgehead atoms. The fourth-order valence-corrected chi connectivity index (χ4v) is 3.99. The minimum Gasteiger partial charge on any atom is -0.399 e. The van der Waals surface area contributed by atoms with Gasteiger partial charge in [0.2, 0.25) is 10.0 Å². The molecule has 3 N–H and O–H groups in total. The van der Waals surface area contributed by atoms with Crippen molar-refractivity contribution in [2.75, 3.05) is 18.9 Å². The number of nitrogen functional groups attached to an aromatic ring is 1. The second-order valence-corrected chi connectivity index (χ2v) is 6.53. The van der Waals surface area contributed by atoms with Crippen molar-refractivity contribution in [1.82, 2.24) is 4.31 Å². The second kappa shape index (κ2) is 5.05. The van der Waals surface area contributed by atoms with Gasteiger partial charge >= 0.3 is 0 Å². The first-order chi connectivity index (χ1) is 8.46. The Labute approximate surface area is 111 Å². The fraction of sp³-hybridized carbons (Fsp3) is 0.455. The van der Waals surface area contributed by atoms with Crippen molar-refractivity contribution in [3.63, 3.8) is 0 Å². The van der Waals surface area contributed by atoms with Crippen LogP contribution in [0.3, 0.4) is 0 Å². The first-order valence-corrected chi connectivity index (χ1v) is 7.46. The van der Waals surface area contributed by atoms with E-state index in [1.54, 1.807) is 6.07 Å². The molecule has 1 aliphatic carbocycles. The number of aliphatic hydroxyl groups is 1. The van der Waals surface area contributed by atoms with Crippen LogP contribution in [0.4, 0.5) is 5.69 Å². The molecule has 7 heteroatoms. The van der Waals surface area contributed by atoms with Gasteiger partial charge in [0.1, 0.15) is 4.90 Å². The maximum atomic E-state index is 12.5. The lowest BCUT2D eigenvalue weighted by atomic mass is 10.3. The summed E-state index contributed by atoms with van der Waals surface area (Å²) in [7, 11) is -3.69. The highest BCUT2D eigenvalue weighted by Crippen LogP contribution is 2.34. The molecule has 100 valence electrons. The number of benzene rings is 1. The predicted molar refractivity (Wildman–Crippen MR) is 69.9 cm³/mol. The Kier molecular flexibility index (Phi) is 3.82. The highest BCUT2D eigenvalue weighted by Gasteiger charge is 2.38. The zero-order valence-electron chi connectivity index (χ0n) is 9.71. The van der Waals surface area contributed by atoms with Crippen LogP contribution < -0.4 is 5.73 Å². The Morgan fingerprint density at radius 2 is 2.11 bits per heavy atom. The minimum atomic E-state index is -3.69. The van der Waals surface area contributed by atoms with Gasteiger partial charge in [-0.3, -0.25) is 0 Å². The molecule has 18 heavy (non-hydrogen) atoms. The number of nitrogens with two attached hydrogens (primary N) is 1. The Bertz CT molecular complexity index is 543. The van der Waals surface area contributed by atoms with Crippen LogP contribution in [0.2, 0.25) is 5.02 Å². The number of nitrogens with zero attached hydrogens (tertiary/aromatic N) is 1. The van der Waals surface area contributed by atoms with Crippen LogP contribution in [0, 0.1) is 0 Å². The summed E-state index contributed by atoms with van der Waals surface area (Å²) in [5.41, 5.74) is 5.94. The Morgan fingerprint density at radius 1 is 1.44 bits per heavy atom. The van der Waals surface area contributed by atoms with Gasteiger partial charge in [-0.25, -0.2) is 8.42 Å². The van der Waals surface area contributed by atoms with Gasteiger partial charge < -0.3 is 10.8 Å². The molecule has 0 atom stereocenters. The van der Waals surface area contributed by atoms with E-state index in [1.807, 2.05) is 0 Å². The molecule has 0 saturated heterocycles. The molecule has 0 aromatic heterocycles. The first-order valence-electron chi connectivity index (χ1n) is 5.64. The molecule has 0 aliphatic heterocycles. The summed E-state index contributed by atoms with van der Waals surface area (Å²) >= 11 is 5.93. The molecular weight excluding hydrogens is 276 g/mol. The van der Waals surface area contributed by atoms with Crippen LogP contribution in [-0.4, -0.2) is 37.0 Å². The Balaban J connectivity index is 2.42. The third kappa shape index (κ3) is 2.61. The van der Waals surface area contributed by atoms with Crippen molar-refractivity contribution in [2.24, 2.45) is 0 Å². The number of sulfonamides is 1. The highest BCUT2D eigenvalue weighted by molar-refractivity contribution is 7.89. The standard InChI is InChI=1S/C11H15ClN2O3S/c12-10-4-1-8(13)7-11(10)18(16,17)14(5-6-15)9-2-3-9/h1,4,7,9,15H,2-3,5-6,13H2. The summed E-state index contributed by atoms with van der Waals surface area (Å²) in [5, 5.41) is 9.13. The summed E-state index contributed by atoms with van der Waals surface area (Å²) in [6.45, 7) is -0.131. The lowest BCUT2D eigenvalue weighted by Gasteiger charge is -2.21. The quantitative estimate of drug-likeness (QED) is 0.795. The molecular formula is C11H15ClN2O3S. The molecule has 0 radical (unpaired) electrons. The van der Waals surface area contributed by atoms with Crippen LogP contribution in [0.1, 0.15) is 12.8 Å². The summed E-state index contributed by atoms with van der Waals surface area (Å²) in [4.78, 5) is 0.00418. The number of hydrogen-bond acceptors (Lipinski definition) is 4. The van der Waals surface area contributed by atoms with Gasteiger partial charge in [0.25, 0.3) is 0 Å². The molecule has 1 saturated carbocycles. The lowest BCUT2D eigenvalue weighted by molar-refractivity contribution is 0.250. The van der Waals surface area contributed by atoms with Gasteiger partial charge in [0, 0.05) is 18.3 Å². The third-order valence-corrected chi connectivity index (χ3v) is 5.25. The second-order valence-electron chi connectivity index (χ2n) is 4.26. The van der Waals surface area contributed by atoms with Gasteiger partial charge in [-0.1, -0.05) is 11.6 Å². The third-order valence-electron chi connectivity index (χ3n) is 2.82. The zero-order valence-corrected chi connectivity index (χ0v) is 11.3. The van der Waals surface area contributed by atoms with Crippen molar-refractivity contribution >= 4 is 27.3 Å². The Morgan fingerprint density at radius 3 is 2.67 bits per heavy atom. The number of aliphatic hydroxyl groups excluding tert-OH is 1. The van der Waals surface area contributed by atoms with Crippen molar-refractivity contribution in [1.29, 1.82) is 0 Å². The number of hydrogen-bond donors (Lipinski definition) is 2. The monoisotopic (exact) mass is 290 g/mol. The molecule has 2 rings (SSSR count). The SMILES string of the molecule is Nc1ccc(Cl)c(S(=O)(=O)N(CCO)C2CC2)c1. The highest BCUT2D eigenvalue weighted by atomic mass is 35.5. The fourth-order valence-electron chi connectivity index (χ4n) is 1.80. The average Bonchev–Trinajstić information content (AvgIpc) is 3.13. The molecule has 5 nitrogen and oxygen atoms in total. The first kappa shape index (κ1) is 13.6. The molecule has 0 amide bonds. The van der Waals surface area contributed by atoms with Crippen molar-refractivity contribution in [2.45, 2.75) is 23.8 Å². The van der Waals surface area contributed by atoms with Crippen molar-refractivity contribution < 1.29 is 13.5 Å². The Hall–Kier alpha value is -0.820. The van der Waals surface area contributed by atoms with E-state index in [1.165, 1.54) is 16.4 Å². The maximum absolute atomic E-state index is 12.5. The summed E-state index contributed by atoms with van der Waals surface area (Å²) < 4.78 is 26.2. The van der Waals surface area contributed by atoms with E-state index in [0.717, 1.165) is 12.8 Å². The zero-order chi connectivity index (χ0) is 13.3. The summed E-state index contributed by atoms with van der Waals surface area (Å²) in [6, 6.07) is 4.34. The molecule has 1 fully saturated rings. The molecule has 0 unspecified atom stereocenters. The normalized spacial score (nSPS) is 16.2. The van der Waals surface area contributed by atoms with E-state index in [-0.39, 0.29) is 29.1 Å². The molecule has 0 heterocycles. The number of rotatable bonds is 5. The van der Waals surface area contributed by atoms with Crippen LogP contribution >= 0.6 is 11.6 Å². The maximum Gasteiger partial charge on any atom is 0.244 e.